The molecule has 25 heavy (non-hydrogen) atoms. The van der Waals surface area contributed by atoms with Crippen molar-refractivity contribution in [3.8, 4) is 0 Å². The van der Waals surface area contributed by atoms with E-state index in [1.165, 1.54) is 5.57 Å². The van der Waals surface area contributed by atoms with Crippen LogP contribution in [0.4, 0.5) is 0 Å². The van der Waals surface area contributed by atoms with Gasteiger partial charge in [0, 0.05) is 17.9 Å². The molecule has 2 unspecified atom stereocenters. The van der Waals surface area contributed by atoms with Gasteiger partial charge in [-0.2, -0.15) is 0 Å². The summed E-state index contributed by atoms with van der Waals surface area (Å²) in [6.07, 6.45) is 8.97. The molecule has 2 aliphatic carbocycles. The first-order valence-corrected chi connectivity index (χ1v) is 10.6. The molecule has 0 aromatic heterocycles. The highest BCUT2D eigenvalue weighted by atomic mass is 32.2. The fourth-order valence-corrected chi connectivity index (χ4v) is 5.73. The number of hydrogen-bond acceptors (Lipinski definition) is 4. The molecule has 1 fully saturated rings. The Labute approximate surface area is 149 Å². The topological polar surface area (TPSA) is 58.5 Å². The number of nitrogens with one attached hydrogen (secondary N) is 1. The van der Waals surface area contributed by atoms with Crippen molar-refractivity contribution in [2.24, 2.45) is 16.8 Å². The van der Waals surface area contributed by atoms with Gasteiger partial charge in [-0.3, -0.25) is 4.99 Å². The van der Waals surface area contributed by atoms with Crippen molar-refractivity contribution in [1.29, 1.82) is 0 Å². The zero-order chi connectivity index (χ0) is 17.3. The lowest BCUT2D eigenvalue weighted by Gasteiger charge is -2.22. The highest BCUT2D eigenvalue weighted by Crippen LogP contribution is 2.45. The lowest BCUT2D eigenvalue weighted by Crippen LogP contribution is -2.19. The predicted octanol–water partition coefficient (Wildman–Crippen LogP) is 3.48. The second kappa shape index (κ2) is 6.79. The number of amidine groups is 1. The van der Waals surface area contributed by atoms with E-state index in [1.54, 1.807) is 24.3 Å². The fourth-order valence-electron chi connectivity index (χ4n) is 4.25. The summed E-state index contributed by atoms with van der Waals surface area (Å²) in [5.41, 5.74) is 1.45. The van der Waals surface area contributed by atoms with E-state index in [0.29, 0.717) is 28.1 Å². The average molecular weight is 356 g/mol. The Morgan fingerprint density at radius 2 is 1.96 bits per heavy atom. The highest BCUT2D eigenvalue weighted by molar-refractivity contribution is 7.95. The van der Waals surface area contributed by atoms with Crippen molar-refractivity contribution in [3.63, 3.8) is 0 Å². The van der Waals surface area contributed by atoms with Crippen molar-refractivity contribution in [2.45, 2.75) is 37.0 Å². The van der Waals surface area contributed by atoms with Crippen LogP contribution in [0.5, 0.6) is 0 Å². The molecular weight excluding hydrogens is 332 g/mol. The molecular formula is C20H24N2O2S. The van der Waals surface area contributed by atoms with Gasteiger partial charge in [0.15, 0.2) is 0 Å². The molecule has 0 saturated heterocycles. The van der Waals surface area contributed by atoms with Crippen LogP contribution in [0.25, 0.3) is 0 Å². The van der Waals surface area contributed by atoms with E-state index in [-0.39, 0.29) is 0 Å². The molecule has 0 spiro atoms. The molecule has 1 aromatic carbocycles. The molecule has 1 saturated carbocycles. The third-order valence-corrected chi connectivity index (χ3v) is 7.47. The first-order chi connectivity index (χ1) is 12.1. The third-order valence-electron chi connectivity index (χ3n) is 5.59. The van der Waals surface area contributed by atoms with Crippen LogP contribution in [0.3, 0.4) is 0 Å². The SMILES string of the molecule is O=S(=O)(C1=CC=C2C(CCC3=NCCN3)CCC2C1)c1ccccc1. The molecule has 4 nitrogen and oxygen atoms in total. The zero-order valence-electron chi connectivity index (χ0n) is 14.3. The van der Waals surface area contributed by atoms with Gasteiger partial charge in [0.2, 0.25) is 9.84 Å². The quantitative estimate of drug-likeness (QED) is 0.879. The second-order valence-corrected chi connectivity index (χ2v) is 9.09. The summed E-state index contributed by atoms with van der Waals surface area (Å²) < 4.78 is 25.7. The molecule has 1 heterocycles. The average Bonchev–Trinajstić information content (AvgIpc) is 3.30. The van der Waals surface area contributed by atoms with Crippen LogP contribution in [0.15, 0.2) is 62.9 Å². The number of sulfone groups is 1. The van der Waals surface area contributed by atoms with Crippen LogP contribution in [0.2, 0.25) is 0 Å². The van der Waals surface area contributed by atoms with Gasteiger partial charge in [0.25, 0.3) is 0 Å². The molecule has 2 atom stereocenters. The van der Waals surface area contributed by atoms with Gasteiger partial charge in [-0.1, -0.05) is 29.8 Å². The molecule has 1 aliphatic heterocycles. The van der Waals surface area contributed by atoms with Gasteiger partial charge in [0.05, 0.1) is 17.3 Å². The third kappa shape index (κ3) is 3.30. The molecule has 0 radical (unpaired) electrons. The van der Waals surface area contributed by atoms with Crippen LogP contribution in [0.1, 0.15) is 32.1 Å². The molecule has 0 amide bonds. The van der Waals surface area contributed by atoms with E-state index < -0.39 is 9.84 Å². The van der Waals surface area contributed by atoms with Crippen molar-refractivity contribution in [2.75, 3.05) is 13.1 Å². The van der Waals surface area contributed by atoms with Crippen LogP contribution >= 0.6 is 0 Å². The summed E-state index contributed by atoms with van der Waals surface area (Å²) in [6, 6.07) is 8.77. The summed E-state index contributed by atoms with van der Waals surface area (Å²) in [6.45, 7) is 1.86. The Morgan fingerprint density at radius 1 is 1.12 bits per heavy atom. The number of aliphatic imine (C=N–C) groups is 1. The van der Waals surface area contributed by atoms with Crippen LogP contribution in [-0.4, -0.2) is 27.3 Å². The first kappa shape index (κ1) is 16.6. The van der Waals surface area contributed by atoms with Crippen molar-refractivity contribution in [1.82, 2.24) is 5.32 Å². The molecule has 132 valence electrons. The Balaban J connectivity index is 1.50. The number of rotatable bonds is 5. The summed E-state index contributed by atoms with van der Waals surface area (Å²) in [5.74, 6) is 2.11. The standard InChI is InChI=1S/C20H24N2O2S/c23-25(24,17-4-2-1-3-5-17)18-9-10-19-15(6-7-16(19)14-18)8-11-20-21-12-13-22-20/h1-5,9-10,15-16H,6-8,11-14H2,(H,21,22). The molecule has 5 heteroatoms. The summed E-state index contributed by atoms with van der Waals surface area (Å²) in [4.78, 5) is 5.44. The number of allylic oxidation sites excluding steroid dienone is 4. The maximum atomic E-state index is 12.8. The fraction of sp³-hybridized carbons (Fsp3) is 0.450. The summed E-state index contributed by atoms with van der Waals surface area (Å²) in [7, 11) is -3.36. The van der Waals surface area contributed by atoms with Crippen LogP contribution in [0, 0.1) is 11.8 Å². The Morgan fingerprint density at radius 3 is 2.72 bits per heavy atom. The monoisotopic (exact) mass is 356 g/mol. The van der Waals surface area contributed by atoms with E-state index in [9.17, 15) is 8.42 Å². The van der Waals surface area contributed by atoms with Crippen LogP contribution < -0.4 is 5.32 Å². The maximum absolute atomic E-state index is 12.8. The lowest BCUT2D eigenvalue weighted by molar-refractivity contribution is 0.584. The van der Waals surface area contributed by atoms with Crippen LogP contribution in [-0.2, 0) is 9.84 Å². The van der Waals surface area contributed by atoms with Gasteiger partial charge in [-0.05, 0) is 55.7 Å². The van der Waals surface area contributed by atoms with Crippen molar-refractivity contribution < 1.29 is 8.42 Å². The van der Waals surface area contributed by atoms with Gasteiger partial charge in [-0.25, -0.2) is 8.42 Å². The Bertz CT molecular complexity index is 838. The number of fused-ring (bicyclic) bond motifs is 1. The predicted molar refractivity (Wildman–Crippen MR) is 100 cm³/mol. The molecule has 1 aromatic rings. The maximum Gasteiger partial charge on any atom is 0.202 e. The van der Waals surface area contributed by atoms with Crippen molar-refractivity contribution in [3.05, 3.63) is 53.0 Å². The molecule has 0 bridgehead atoms. The minimum Gasteiger partial charge on any atom is -0.372 e. The highest BCUT2D eigenvalue weighted by Gasteiger charge is 2.35. The van der Waals surface area contributed by atoms with Gasteiger partial charge in [0.1, 0.15) is 0 Å². The van der Waals surface area contributed by atoms with E-state index in [4.69, 9.17) is 0 Å². The first-order valence-electron chi connectivity index (χ1n) is 9.12. The van der Waals surface area contributed by atoms with Gasteiger partial charge in [-0.15, -0.1) is 0 Å². The minimum absolute atomic E-state index is 0.391. The number of benzene rings is 1. The zero-order valence-corrected chi connectivity index (χ0v) is 15.1. The lowest BCUT2D eigenvalue weighted by atomic mass is 9.88. The van der Waals surface area contributed by atoms with Gasteiger partial charge >= 0.3 is 0 Å². The number of nitrogens with zero attached hydrogens (tertiary/aromatic N) is 1. The molecule has 4 rings (SSSR count). The second-order valence-electron chi connectivity index (χ2n) is 7.09. The normalized spacial score (nSPS) is 25.7. The smallest absolute Gasteiger partial charge is 0.202 e. The largest absolute Gasteiger partial charge is 0.372 e. The molecule has 1 N–H and O–H groups in total. The summed E-state index contributed by atoms with van der Waals surface area (Å²) in [5, 5.41) is 3.34. The van der Waals surface area contributed by atoms with E-state index in [0.717, 1.165) is 44.6 Å². The molecule has 3 aliphatic rings. The van der Waals surface area contributed by atoms with E-state index in [2.05, 4.69) is 16.4 Å². The summed E-state index contributed by atoms with van der Waals surface area (Å²) >= 11 is 0. The minimum atomic E-state index is -3.36. The van der Waals surface area contributed by atoms with E-state index in [1.807, 2.05) is 12.1 Å². The van der Waals surface area contributed by atoms with Gasteiger partial charge < -0.3 is 5.32 Å². The Kier molecular flexibility index (Phi) is 4.50. The van der Waals surface area contributed by atoms with E-state index >= 15 is 0 Å². The Hall–Kier alpha value is -1.88. The number of hydrogen-bond donors (Lipinski definition) is 1. The van der Waals surface area contributed by atoms with Crippen molar-refractivity contribution >= 4 is 15.7 Å².